The topological polar surface area (TPSA) is 95.1 Å². The van der Waals surface area contributed by atoms with Crippen molar-refractivity contribution in [2.75, 3.05) is 32.1 Å². The molecule has 8 nitrogen and oxygen atoms in total. The summed E-state index contributed by atoms with van der Waals surface area (Å²) in [7, 11) is 1.44. The number of anilines is 1. The maximum atomic E-state index is 12.6. The van der Waals surface area contributed by atoms with Gasteiger partial charge in [0.15, 0.2) is 6.54 Å². The molecule has 1 unspecified atom stereocenters. The second kappa shape index (κ2) is 9.63. The van der Waals surface area contributed by atoms with Crippen LogP contribution in [0.3, 0.4) is 0 Å². The van der Waals surface area contributed by atoms with Gasteiger partial charge in [-0.2, -0.15) is 0 Å². The van der Waals surface area contributed by atoms with Crippen LogP contribution >= 0.6 is 11.3 Å². The van der Waals surface area contributed by atoms with E-state index in [0.29, 0.717) is 5.75 Å². The van der Waals surface area contributed by atoms with Crippen LogP contribution in [0.5, 0.6) is 5.75 Å². The van der Waals surface area contributed by atoms with Gasteiger partial charge in [-0.1, -0.05) is 6.07 Å². The molecule has 0 spiro atoms. The number of ether oxygens (including phenoxy) is 2. The van der Waals surface area contributed by atoms with E-state index in [-0.39, 0.29) is 29.9 Å². The highest BCUT2D eigenvalue weighted by molar-refractivity contribution is 7.09. The van der Waals surface area contributed by atoms with Gasteiger partial charge in [-0.3, -0.25) is 14.9 Å². The molecule has 2 N–H and O–H groups in total. The number of carbonyl (C=O) groups is 1. The lowest BCUT2D eigenvalue weighted by molar-refractivity contribution is -0.908. The van der Waals surface area contributed by atoms with Gasteiger partial charge in [0, 0.05) is 6.61 Å². The standard InChI is InChI=1S/C19H23N3O5S/c1-26-14-6-7-17(18(10-14)22(24)25)20-19(23)13-21(11-15-4-2-8-27-15)12-16-5-3-9-28-16/h3,5-7,9-10,15H,2,4,8,11-13H2,1H3,(H,20,23)/p+1/t15-/m0/s1. The number of nitro benzene ring substituents is 1. The number of thiophene rings is 1. The van der Waals surface area contributed by atoms with Crippen molar-refractivity contribution in [3.05, 3.63) is 50.7 Å². The predicted molar refractivity (Wildman–Crippen MR) is 106 cm³/mol. The van der Waals surface area contributed by atoms with Gasteiger partial charge in [-0.05, 0) is 36.4 Å². The summed E-state index contributed by atoms with van der Waals surface area (Å²) >= 11 is 1.65. The molecule has 1 fully saturated rings. The first kappa shape index (κ1) is 20.2. The fourth-order valence-corrected chi connectivity index (χ4v) is 4.09. The number of amides is 1. The third kappa shape index (κ3) is 5.51. The number of hydrogen-bond donors (Lipinski definition) is 2. The molecule has 2 aromatic rings. The molecule has 150 valence electrons. The van der Waals surface area contributed by atoms with Crippen molar-refractivity contribution in [2.45, 2.75) is 25.5 Å². The number of carbonyl (C=O) groups excluding carboxylic acids is 1. The molecule has 1 saturated heterocycles. The maximum Gasteiger partial charge on any atom is 0.296 e. The van der Waals surface area contributed by atoms with Crippen LogP contribution in [0.1, 0.15) is 17.7 Å². The molecule has 1 amide bonds. The normalized spacial score (nSPS) is 17.2. The first-order valence-electron chi connectivity index (χ1n) is 9.15. The molecular formula is C19H24N3O5S+. The van der Waals surface area contributed by atoms with E-state index in [0.717, 1.165) is 37.4 Å². The minimum Gasteiger partial charge on any atom is -0.496 e. The third-order valence-corrected chi connectivity index (χ3v) is 5.51. The Balaban J connectivity index is 1.68. The Morgan fingerprint density at radius 2 is 2.32 bits per heavy atom. The Bertz CT molecular complexity index is 806. The molecule has 28 heavy (non-hydrogen) atoms. The summed E-state index contributed by atoms with van der Waals surface area (Å²) in [6.07, 6.45) is 2.19. The lowest BCUT2D eigenvalue weighted by Gasteiger charge is -2.21. The number of hydrogen-bond acceptors (Lipinski definition) is 6. The van der Waals surface area contributed by atoms with E-state index in [1.165, 1.54) is 24.1 Å². The van der Waals surface area contributed by atoms with Crippen LogP contribution in [0.15, 0.2) is 35.7 Å². The van der Waals surface area contributed by atoms with Crippen LogP contribution in [-0.2, 0) is 16.1 Å². The summed E-state index contributed by atoms with van der Waals surface area (Å²) in [6, 6.07) is 8.42. The van der Waals surface area contributed by atoms with Gasteiger partial charge in [0.05, 0.1) is 23.0 Å². The molecule has 1 aromatic heterocycles. The molecule has 3 rings (SSSR count). The highest BCUT2D eigenvalue weighted by Gasteiger charge is 2.25. The maximum absolute atomic E-state index is 12.6. The van der Waals surface area contributed by atoms with E-state index >= 15 is 0 Å². The zero-order valence-electron chi connectivity index (χ0n) is 15.7. The number of methoxy groups -OCH3 is 1. The third-order valence-electron chi connectivity index (χ3n) is 4.63. The minimum absolute atomic E-state index is 0.151. The monoisotopic (exact) mass is 406 g/mol. The molecule has 2 atom stereocenters. The largest absolute Gasteiger partial charge is 0.496 e. The predicted octanol–water partition coefficient (Wildman–Crippen LogP) is 1.87. The lowest BCUT2D eigenvalue weighted by atomic mass is 10.2. The highest BCUT2D eigenvalue weighted by atomic mass is 32.1. The van der Waals surface area contributed by atoms with Crippen molar-refractivity contribution in [2.24, 2.45) is 0 Å². The van der Waals surface area contributed by atoms with Crippen molar-refractivity contribution >= 4 is 28.6 Å². The first-order chi connectivity index (χ1) is 13.5. The molecule has 0 radical (unpaired) electrons. The molecule has 1 aliphatic rings. The first-order valence-corrected chi connectivity index (χ1v) is 10.0. The molecule has 0 saturated carbocycles. The van der Waals surface area contributed by atoms with Gasteiger partial charge >= 0.3 is 0 Å². The van der Waals surface area contributed by atoms with Crippen molar-refractivity contribution in [1.29, 1.82) is 0 Å². The van der Waals surface area contributed by atoms with E-state index in [1.807, 2.05) is 17.5 Å². The van der Waals surface area contributed by atoms with Crippen LogP contribution in [0.2, 0.25) is 0 Å². The summed E-state index contributed by atoms with van der Waals surface area (Å²) in [6.45, 7) is 2.42. The Hall–Kier alpha value is -2.49. The number of rotatable bonds is 9. The van der Waals surface area contributed by atoms with Crippen molar-refractivity contribution < 1.29 is 24.1 Å². The fraction of sp³-hybridized carbons (Fsp3) is 0.421. The van der Waals surface area contributed by atoms with Gasteiger partial charge in [0.1, 0.15) is 30.6 Å². The summed E-state index contributed by atoms with van der Waals surface area (Å²) in [4.78, 5) is 25.7. The second-order valence-electron chi connectivity index (χ2n) is 6.71. The van der Waals surface area contributed by atoms with Crippen LogP contribution in [0.25, 0.3) is 0 Å². The van der Waals surface area contributed by atoms with Crippen LogP contribution in [-0.4, -0.2) is 43.7 Å². The number of benzene rings is 1. The fourth-order valence-electron chi connectivity index (χ4n) is 3.31. The molecule has 1 aliphatic heterocycles. The summed E-state index contributed by atoms with van der Waals surface area (Å²) < 4.78 is 10.8. The van der Waals surface area contributed by atoms with E-state index in [1.54, 1.807) is 17.4 Å². The minimum atomic E-state index is -0.527. The Morgan fingerprint density at radius 1 is 1.46 bits per heavy atom. The molecule has 0 bridgehead atoms. The molecule has 9 heteroatoms. The van der Waals surface area contributed by atoms with E-state index in [9.17, 15) is 14.9 Å². The lowest BCUT2D eigenvalue weighted by Crippen LogP contribution is -3.12. The summed E-state index contributed by atoms with van der Waals surface area (Å²) in [5.41, 5.74) is -0.0185. The smallest absolute Gasteiger partial charge is 0.296 e. The van der Waals surface area contributed by atoms with Gasteiger partial charge in [0.25, 0.3) is 11.6 Å². The zero-order valence-corrected chi connectivity index (χ0v) is 16.5. The quantitative estimate of drug-likeness (QED) is 0.490. The van der Waals surface area contributed by atoms with Crippen molar-refractivity contribution in [3.63, 3.8) is 0 Å². The van der Waals surface area contributed by atoms with Gasteiger partial charge in [-0.25, -0.2) is 0 Å². The van der Waals surface area contributed by atoms with Gasteiger partial charge in [-0.15, -0.1) is 11.3 Å². The van der Waals surface area contributed by atoms with Crippen molar-refractivity contribution in [3.8, 4) is 5.75 Å². The molecule has 2 heterocycles. The van der Waals surface area contributed by atoms with Crippen LogP contribution < -0.4 is 15.0 Å². The van der Waals surface area contributed by atoms with Gasteiger partial charge < -0.3 is 19.7 Å². The molecule has 0 aliphatic carbocycles. The average Bonchev–Trinajstić information content (AvgIpc) is 3.36. The Labute approximate surface area is 167 Å². The van der Waals surface area contributed by atoms with Crippen molar-refractivity contribution in [1.82, 2.24) is 0 Å². The number of nitrogens with one attached hydrogen (secondary N) is 2. The summed E-state index contributed by atoms with van der Waals surface area (Å²) in [5.74, 6) is 0.103. The molecule has 1 aromatic carbocycles. The average molecular weight is 406 g/mol. The zero-order chi connectivity index (χ0) is 19.9. The number of quaternary nitrogens is 1. The summed E-state index contributed by atoms with van der Waals surface area (Å²) in [5, 5.41) is 16.0. The van der Waals surface area contributed by atoms with E-state index < -0.39 is 4.92 Å². The van der Waals surface area contributed by atoms with Crippen LogP contribution in [0, 0.1) is 10.1 Å². The van der Waals surface area contributed by atoms with Gasteiger partial charge in [0.2, 0.25) is 0 Å². The molecular weight excluding hydrogens is 382 g/mol. The highest BCUT2D eigenvalue weighted by Crippen LogP contribution is 2.28. The number of nitrogens with zero attached hydrogens (tertiary/aromatic N) is 1. The SMILES string of the molecule is COc1ccc(NC(=O)C[NH+](Cc2cccs2)C[C@@H]2CCCO2)c([N+](=O)[O-])c1. The Morgan fingerprint density at radius 3 is 2.96 bits per heavy atom. The number of nitro groups is 1. The van der Waals surface area contributed by atoms with E-state index in [4.69, 9.17) is 9.47 Å². The van der Waals surface area contributed by atoms with E-state index in [2.05, 4.69) is 5.32 Å². The second-order valence-corrected chi connectivity index (χ2v) is 7.74. The van der Waals surface area contributed by atoms with Crippen LogP contribution in [0.4, 0.5) is 11.4 Å². The Kier molecular flexibility index (Phi) is 6.96.